The van der Waals surface area contributed by atoms with Crippen LogP contribution in [0.2, 0.25) is 0 Å². The Labute approximate surface area is 168 Å². The molecule has 0 radical (unpaired) electrons. The molecule has 0 unspecified atom stereocenters. The molecular formula is C17H26N8O3S. The van der Waals surface area contributed by atoms with E-state index >= 15 is 0 Å². The summed E-state index contributed by atoms with van der Waals surface area (Å²) in [6, 6.07) is 0.0507. The molecule has 2 aromatic rings. The first-order valence-electron chi connectivity index (χ1n) is 9.84. The highest BCUT2D eigenvalue weighted by Gasteiger charge is 2.27. The summed E-state index contributed by atoms with van der Waals surface area (Å²) in [5.41, 5.74) is 3.20. The first-order chi connectivity index (χ1) is 13.9. The monoisotopic (exact) mass is 422 g/mol. The largest absolute Gasteiger partial charge is 0.363 e. The quantitative estimate of drug-likeness (QED) is 0.460. The molecule has 2 aliphatic rings. The predicted octanol–water partition coefficient (Wildman–Crippen LogP) is 0.423. The fourth-order valence-electron chi connectivity index (χ4n) is 4.19. The number of aromatic nitrogens is 4. The molecule has 1 aliphatic heterocycles. The van der Waals surface area contributed by atoms with Crippen LogP contribution in [0.4, 0.5) is 11.8 Å². The fraction of sp³-hybridized carbons (Fsp3) is 0.647. The van der Waals surface area contributed by atoms with Crippen molar-refractivity contribution in [2.45, 2.75) is 50.6 Å². The summed E-state index contributed by atoms with van der Waals surface area (Å²) >= 11 is 0. The number of hydrogen-bond donors (Lipinski definition) is 3. The highest BCUT2D eigenvalue weighted by molar-refractivity contribution is 7.88. The Bertz CT molecular complexity index is 1060. The van der Waals surface area contributed by atoms with E-state index < -0.39 is 10.0 Å². The molecule has 0 amide bonds. The summed E-state index contributed by atoms with van der Waals surface area (Å²) in [5, 5.41) is 3.24. The minimum Gasteiger partial charge on any atom is -0.363 e. The van der Waals surface area contributed by atoms with Crippen LogP contribution < -0.4 is 22.1 Å². The van der Waals surface area contributed by atoms with E-state index in [1.54, 1.807) is 10.8 Å². The van der Waals surface area contributed by atoms with E-state index in [-0.39, 0.29) is 29.4 Å². The van der Waals surface area contributed by atoms with E-state index in [2.05, 4.69) is 25.7 Å². The molecule has 12 heteroatoms. The molecule has 3 heterocycles. The van der Waals surface area contributed by atoms with Crippen LogP contribution in [0.5, 0.6) is 0 Å². The van der Waals surface area contributed by atoms with Gasteiger partial charge in [-0.15, -0.1) is 0 Å². The molecule has 158 valence electrons. The van der Waals surface area contributed by atoms with Gasteiger partial charge in [0.1, 0.15) is 5.52 Å². The SMILES string of the molecule is CS(=O)(=O)N1CCC(Nc2nc3cnc(NN)nc3n(C3CCCC3)c2=O)CC1. The highest BCUT2D eigenvalue weighted by Crippen LogP contribution is 2.30. The zero-order valence-corrected chi connectivity index (χ0v) is 17.2. The molecule has 0 aromatic carbocycles. The zero-order chi connectivity index (χ0) is 20.6. The van der Waals surface area contributed by atoms with Gasteiger partial charge < -0.3 is 5.32 Å². The number of nitrogens with two attached hydrogens (primary N) is 1. The molecule has 0 bridgehead atoms. The summed E-state index contributed by atoms with van der Waals surface area (Å²) in [6.45, 7) is 0.852. The van der Waals surface area contributed by atoms with Crippen LogP contribution in [0.1, 0.15) is 44.6 Å². The number of rotatable bonds is 5. The van der Waals surface area contributed by atoms with Gasteiger partial charge in [-0.05, 0) is 25.7 Å². The molecule has 11 nitrogen and oxygen atoms in total. The van der Waals surface area contributed by atoms with Crippen molar-refractivity contribution in [1.82, 2.24) is 23.8 Å². The molecular weight excluding hydrogens is 396 g/mol. The molecule has 4 rings (SSSR count). The third-order valence-electron chi connectivity index (χ3n) is 5.71. The Morgan fingerprint density at radius 1 is 1.14 bits per heavy atom. The van der Waals surface area contributed by atoms with Gasteiger partial charge in [0.25, 0.3) is 5.56 Å². The second-order valence-electron chi connectivity index (χ2n) is 7.70. The Balaban J connectivity index is 1.67. The molecule has 1 aliphatic carbocycles. The van der Waals surface area contributed by atoms with Crippen molar-refractivity contribution >= 4 is 33.0 Å². The van der Waals surface area contributed by atoms with Gasteiger partial charge in [0, 0.05) is 25.2 Å². The minimum absolute atomic E-state index is 0.0198. The Morgan fingerprint density at radius 2 is 1.83 bits per heavy atom. The van der Waals surface area contributed by atoms with Gasteiger partial charge in [-0.2, -0.15) is 4.98 Å². The summed E-state index contributed by atoms with van der Waals surface area (Å²) in [7, 11) is -3.19. The van der Waals surface area contributed by atoms with Crippen LogP contribution in [0.3, 0.4) is 0 Å². The lowest BCUT2D eigenvalue weighted by Gasteiger charge is -2.31. The lowest BCUT2D eigenvalue weighted by atomic mass is 10.1. The number of nitrogen functional groups attached to an aromatic ring is 1. The van der Waals surface area contributed by atoms with Gasteiger partial charge in [-0.1, -0.05) is 12.8 Å². The fourth-order valence-corrected chi connectivity index (χ4v) is 5.07. The van der Waals surface area contributed by atoms with Crippen molar-refractivity contribution in [3.05, 3.63) is 16.6 Å². The second kappa shape index (κ2) is 7.84. The zero-order valence-electron chi connectivity index (χ0n) is 16.3. The Morgan fingerprint density at radius 3 is 2.45 bits per heavy atom. The van der Waals surface area contributed by atoms with Crippen molar-refractivity contribution in [1.29, 1.82) is 0 Å². The van der Waals surface area contributed by atoms with Crippen LogP contribution in [0.15, 0.2) is 11.0 Å². The number of piperidine rings is 1. The van der Waals surface area contributed by atoms with Crippen molar-refractivity contribution in [2.24, 2.45) is 5.84 Å². The van der Waals surface area contributed by atoms with E-state index in [1.807, 2.05) is 0 Å². The standard InChI is InChI=1S/C17H26N8O3S/c1-29(27,28)24-8-6-11(7-9-24)20-14-16(26)25(12-4-2-3-5-12)15-13(21-14)10-19-17(22-15)23-18/h10-12H,2-9,18H2,1H3,(H,20,21)(H,19,22,23). The topological polar surface area (TPSA) is 148 Å². The smallest absolute Gasteiger partial charge is 0.295 e. The lowest BCUT2D eigenvalue weighted by Crippen LogP contribution is -2.43. The molecule has 0 spiro atoms. The molecule has 2 fully saturated rings. The van der Waals surface area contributed by atoms with E-state index in [1.165, 1.54) is 10.6 Å². The molecule has 2 aromatic heterocycles. The maximum Gasteiger partial charge on any atom is 0.295 e. The average molecular weight is 423 g/mol. The van der Waals surface area contributed by atoms with Crippen LogP contribution in [0.25, 0.3) is 11.2 Å². The maximum absolute atomic E-state index is 13.3. The van der Waals surface area contributed by atoms with Crippen molar-refractivity contribution < 1.29 is 8.42 Å². The number of sulfonamides is 1. The number of hydrazine groups is 1. The van der Waals surface area contributed by atoms with E-state index in [9.17, 15) is 13.2 Å². The number of fused-ring (bicyclic) bond motifs is 1. The van der Waals surface area contributed by atoms with E-state index in [0.717, 1.165) is 25.7 Å². The van der Waals surface area contributed by atoms with Crippen LogP contribution in [0, 0.1) is 0 Å². The molecule has 0 atom stereocenters. The van der Waals surface area contributed by atoms with Crippen LogP contribution in [-0.2, 0) is 10.0 Å². The highest BCUT2D eigenvalue weighted by atomic mass is 32.2. The summed E-state index contributed by atoms with van der Waals surface area (Å²) < 4.78 is 26.6. The Hall–Kier alpha value is -2.31. The molecule has 1 saturated carbocycles. The van der Waals surface area contributed by atoms with Crippen molar-refractivity contribution in [3.63, 3.8) is 0 Å². The number of hydrogen-bond acceptors (Lipinski definition) is 9. The molecule has 29 heavy (non-hydrogen) atoms. The first kappa shape index (κ1) is 20.0. The van der Waals surface area contributed by atoms with Gasteiger partial charge >= 0.3 is 0 Å². The van der Waals surface area contributed by atoms with Gasteiger partial charge in [-0.25, -0.2) is 28.5 Å². The Kier molecular flexibility index (Phi) is 5.40. The number of anilines is 2. The minimum atomic E-state index is -3.19. The summed E-state index contributed by atoms with van der Waals surface area (Å²) in [5.74, 6) is 5.93. The van der Waals surface area contributed by atoms with E-state index in [0.29, 0.717) is 37.1 Å². The second-order valence-corrected chi connectivity index (χ2v) is 9.68. The van der Waals surface area contributed by atoms with Crippen LogP contribution >= 0.6 is 0 Å². The molecule has 4 N–H and O–H groups in total. The lowest BCUT2D eigenvalue weighted by molar-refractivity contribution is 0.331. The van der Waals surface area contributed by atoms with Gasteiger partial charge in [-0.3, -0.25) is 14.8 Å². The number of nitrogens with zero attached hydrogens (tertiary/aromatic N) is 5. The van der Waals surface area contributed by atoms with Gasteiger partial charge in [0.05, 0.1) is 12.5 Å². The first-order valence-corrected chi connectivity index (χ1v) is 11.7. The summed E-state index contributed by atoms with van der Waals surface area (Å²) in [4.78, 5) is 26.3. The van der Waals surface area contributed by atoms with Gasteiger partial charge in [0.15, 0.2) is 11.5 Å². The summed E-state index contributed by atoms with van der Waals surface area (Å²) in [6.07, 6.45) is 7.98. The van der Waals surface area contributed by atoms with Crippen molar-refractivity contribution in [3.8, 4) is 0 Å². The average Bonchev–Trinajstić information content (AvgIpc) is 3.22. The molecule has 1 saturated heterocycles. The van der Waals surface area contributed by atoms with E-state index in [4.69, 9.17) is 5.84 Å². The third kappa shape index (κ3) is 4.05. The third-order valence-corrected chi connectivity index (χ3v) is 7.02. The van der Waals surface area contributed by atoms with Gasteiger partial charge in [0.2, 0.25) is 16.0 Å². The normalized spacial score (nSPS) is 19.7. The van der Waals surface area contributed by atoms with Crippen molar-refractivity contribution in [2.75, 3.05) is 30.1 Å². The van der Waals surface area contributed by atoms with Crippen LogP contribution in [-0.4, -0.2) is 57.6 Å². The predicted molar refractivity (Wildman–Crippen MR) is 110 cm³/mol. The maximum atomic E-state index is 13.3. The number of nitrogens with one attached hydrogen (secondary N) is 2.